The molecular weight excluding hydrogens is 2280 g/mol. The Labute approximate surface area is 824 Å². The van der Waals surface area contributed by atoms with Gasteiger partial charge in [-0.25, -0.2) is 0 Å². The third-order valence-corrected chi connectivity index (χ3v) is 40.2. The maximum absolute atomic E-state index is 6.74. The number of benzene rings is 12. The first kappa shape index (κ1) is 99.4. The molecule has 0 spiro atoms. The van der Waals surface area contributed by atoms with Crippen LogP contribution in [0.25, 0.3) is 0 Å². The van der Waals surface area contributed by atoms with E-state index in [1.54, 1.807) is 0 Å². The van der Waals surface area contributed by atoms with Gasteiger partial charge in [0.05, 0.1) is 0 Å². The molecule has 0 saturated heterocycles. The van der Waals surface area contributed by atoms with E-state index in [0.717, 1.165) is 150 Å². The van der Waals surface area contributed by atoms with E-state index in [1.807, 2.05) is 18.2 Å². The Kier molecular flexibility index (Phi) is 40.8. The molecule has 0 radical (unpaired) electrons. The zero-order valence-corrected chi connectivity index (χ0v) is 90.6. The Bertz CT molecular complexity index is 4510. The monoisotopic (exact) mass is 2420 g/mol. The summed E-state index contributed by atoms with van der Waals surface area (Å²) in [5, 5.41) is 0. The molecule has 0 saturated carbocycles. The number of hydrogen-bond donors (Lipinski definition) is 0. The second-order valence-corrected chi connectivity index (χ2v) is 52.6. The van der Waals surface area contributed by atoms with Crippen LogP contribution in [-0.2, 0) is 25.2 Å². The number of anilines is 6. The zero-order valence-electron chi connectivity index (χ0n) is 76.6. The summed E-state index contributed by atoms with van der Waals surface area (Å²) in [5.74, 6) is 7.06. The van der Waals surface area contributed by atoms with E-state index in [9.17, 15) is 0 Å². The molecule has 0 N–H and O–H groups in total. The molecule has 0 heterocycles. The zero-order chi connectivity index (χ0) is 89.8. The van der Waals surface area contributed by atoms with E-state index in [4.69, 9.17) is 42.6 Å². The first-order valence-corrected chi connectivity index (χ1v) is 60.9. The maximum atomic E-state index is 6.74. The Morgan fingerprint density at radius 2 is 0.359 bits per heavy atom. The van der Waals surface area contributed by atoms with Gasteiger partial charge in [0.1, 0.15) is 0 Å². The molecule has 0 aliphatic heterocycles. The van der Waals surface area contributed by atoms with Crippen LogP contribution in [0.2, 0.25) is 26.8 Å². The molecule has 0 unspecified atom stereocenters. The molecule has 0 atom stereocenters. The van der Waals surface area contributed by atoms with E-state index in [1.165, 1.54) is 55.8 Å². The van der Waals surface area contributed by atoms with Crippen molar-refractivity contribution in [3.05, 3.63) is 306 Å². The first-order valence-electron chi connectivity index (χ1n) is 44.0. The third kappa shape index (κ3) is 32.7. The molecule has 21 heteroatoms. The van der Waals surface area contributed by atoms with Gasteiger partial charge in [-0.3, -0.25) is 0 Å². The summed E-state index contributed by atoms with van der Waals surface area (Å²) in [6, 6.07) is 98.8. The average Bonchev–Trinajstić information content (AvgIpc) is 0.760. The quantitative estimate of drug-likeness (QED) is 0.0205. The number of nitrogens with zero attached hydrogens (tertiary/aromatic N) is 6. The van der Waals surface area contributed by atoms with Gasteiger partial charge in [-0.1, -0.05) is 0 Å². The van der Waals surface area contributed by atoms with Crippen molar-refractivity contribution in [3.8, 4) is 51.7 Å². The van der Waals surface area contributed by atoms with Gasteiger partial charge in [-0.2, -0.15) is 0 Å². The van der Waals surface area contributed by atoms with Gasteiger partial charge in [-0.15, -0.1) is 0 Å². The molecule has 15 nitrogen and oxygen atoms in total. The van der Waals surface area contributed by atoms with Crippen LogP contribution in [0.5, 0.6) is 51.7 Å². The van der Waals surface area contributed by atoms with Crippen LogP contribution in [0.3, 0.4) is 0 Å². The minimum absolute atomic E-state index is 0.334. The SMILES string of the molecule is CN(C)c1ccc([Te]CCCOc2cc(COc3ccc(C(C)(c4ccc(OCc5cc(OCCC[Te]c6ccc(N(C)C)cc6)cc(OCCC[Te]c6ccc(N(C)C)cc6)c5)cc4)c4ccc(OCc5cc(OCCC[Te]c6ccc(N(C)C)cc6)cc(OCCC[Te]c6ccc(N(C)C)cc6)c5)cc4)cc3)cc(OCCC[Te]c3ccc(N(C)C)cc3)c2)cc1. The number of ether oxygens (including phenoxy) is 9. The summed E-state index contributed by atoms with van der Waals surface area (Å²) in [6.45, 7) is 7.12. The molecule has 12 aromatic carbocycles. The Balaban J connectivity index is 0.755. The fourth-order valence-corrected chi connectivity index (χ4v) is 28.1. The van der Waals surface area contributed by atoms with Crippen molar-refractivity contribution in [2.45, 2.75) is 97.5 Å². The summed E-state index contributed by atoms with van der Waals surface area (Å²) >= 11 is -2.00. The van der Waals surface area contributed by atoms with Crippen LogP contribution in [0.1, 0.15) is 78.8 Å². The van der Waals surface area contributed by atoms with Crippen molar-refractivity contribution in [3.63, 3.8) is 0 Å². The topological polar surface area (TPSA) is 103 Å². The van der Waals surface area contributed by atoms with Gasteiger partial charge in [0, 0.05) is 5.41 Å². The second-order valence-electron chi connectivity index (χ2n) is 32.6. The van der Waals surface area contributed by atoms with Gasteiger partial charge in [0.2, 0.25) is 0 Å². The van der Waals surface area contributed by atoms with Crippen molar-refractivity contribution in [1.29, 1.82) is 0 Å². The van der Waals surface area contributed by atoms with Crippen LogP contribution < -0.4 is 93.7 Å². The molecule has 12 rings (SSSR count). The van der Waals surface area contributed by atoms with E-state index < -0.39 is 5.41 Å². The van der Waals surface area contributed by atoms with Crippen LogP contribution in [0, 0.1) is 0 Å². The van der Waals surface area contributed by atoms with Gasteiger partial charge in [0.15, 0.2) is 0 Å². The number of rotatable bonds is 54. The molecule has 0 amide bonds. The van der Waals surface area contributed by atoms with E-state index in [-0.39, 0.29) is 126 Å². The molecule has 0 aromatic heterocycles. The normalized spacial score (nSPS) is 11.2. The fourth-order valence-electron chi connectivity index (χ4n) is 14.0. The minimum atomic E-state index is -0.641. The van der Waals surface area contributed by atoms with Crippen LogP contribution >= 0.6 is 0 Å². The van der Waals surface area contributed by atoms with Crippen LogP contribution in [-0.4, -0.2) is 250 Å². The van der Waals surface area contributed by atoms with Gasteiger partial charge in [0.25, 0.3) is 0 Å². The summed E-state index contributed by atoms with van der Waals surface area (Å²) in [7, 11) is 25.1. The van der Waals surface area contributed by atoms with Gasteiger partial charge < -0.3 is 0 Å². The summed E-state index contributed by atoms with van der Waals surface area (Å²) < 4.78 is 75.3. The molecule has 674 valence electrons. The average molecular weight is 2410 g/mol. The Morgan fingerprint density at radius 3 is 0.516 bits per heavy atom. The molecule has 0 aliphatic rings. The van der Waals surface area contributed by atoms with E-state index >= 15 is 0 Å². The number of hydrogen-bond acceptors (Lipinski definition) is 15. The van der Waals surface area contributed by atoms with Crippen molar-refractivity contribution in [2.75, 3.05) is 154 Å². The summed E-state index contributed by atoms with van der Waals surface area (Å²) in [5.41, 5.74) is 13.0. The molecule has 128 heavy (non-hydrogen) atoms. The van der Waals surface area contributed by atoms with Crippen LogP contribution in [0.4, 0.5) is 34.1 Å². The van der Waals surface area contributed by atoms with Crippen molar-refractivity contribution < 1.29 is 42.6 Å². The van der Waals surface area contributed by atoms with E-state index in [0.29, 0.717) is 59.5 Å². The Morgan fingerprint density at radius 1 is 0.195 bits per heavy atom. The molecular formula is C107H126N6O9Te6. The second kappa shape index (κ2) is 52.6. The van der Waals surface area contributed by atoms with Crippen molar-refractivity contribution >= 4 is 181 Å². The van der Waals surface area contributed by atoms with Crippen molar-refractivity contribution in [2.24, 2.45) is 0 Å². The summed E-state index contributed by atoms with van der Waals surface area (Å²) in [6.07, 6.45) is 5.92. The molecule has 0 fully saturated rings. The summed E-state index contributed by atoms with van der Waals surface area (Å²) in [4.78, 5) is 12.9. The third-order valence-electron chi connectivity index (χ3n) is 21.4. The Hall–Kier alpha value is -7.62. The molecule has 12 aromatic rings. The van der Waals surface area contributed by atoms with Crippen molar-refractivity contribution in [1.82, 2.24) is 0 Å². The molecule has 0 bridgehead atoms. The standard InChI is InChI=1S/C107H126N6O9Te6/c1-107(83-20-38-92(39-21-83)120-77-80-68-95(114-56-14-62-123-101-44-26-86(27-45-101)108(2)3)74-96(69-80)115-57-15-63-124-102-46-28-87(29-47-102)109(4)5,84-22-40-93(41-23-84)121-78-81-70-97(116-58-16-64-125-103-48-30-88(31-49-103)110(6)7)75-98(71-81)117-59-17-65-126-104-50-32-89(33-51-104)111(8)9)85-24-42-94(43-25-85)122-79-82-72-99(118-60-18-66-127-105-52-34-90(35-53-105)112(10)11)76-100(73-82)119-61-19-67-128-106-54-36-91(37-55-106)113(12)13/h20-55,68-76H,14-19,56-67,77-79H2,1-13H3. The first-order chi connectivity index (χ1) is 62.2. The predicted molar refractivity (Wildman–Crippen MR) is 544 cm³/mol. The predicted octanol–water partition coefficient (Wildman–Crippen LogP) is 17.5. The fraction of sp³-hybridized carbons (Fsp3) is 0.327. The van der Waals surface area contributed by atoms with E-state index in [2.05, 4.69) is 376 Å². The van der Waals surface area contributed by atoms with Crippen LogP contribution in [0.15, 0.2) is 273 Å². The molecule has 0 aliphatic carbocycles. The van der Waals surface area contributed by atoms with Gasteiger partial charge >= 0.3 is 804 Å². The van der Waals surface area contributed by atoms with Gasteiger partial charge in [-0.05, 0) is 23.6 Å².